The van der Waals surface area contributed by atoms with Gasteiger partial charge in [0.2, 0.25) is 5.91 Å². The van der Waals surface area contributed by atoms with Crippen LogP contribution in [0.2, 0.25) is 0 Å². The Morgan fingerprint density at radius 3 is 2.51 bits per heavy atom. The lowest BCUT2D eigenvalue weighted by Gasteiger charge is -2.26. The fraction of sp³-hybridized carbons (Fsp3) is 0.464. The number of hydrogen-bond donors (Lipinski definition) is 0. The van der Waals surface area contributed by atoms with Gasteiger partial charge in [-0.15, -0.1) is 0 Å². The molecule has 1 saturated heterocycles. The molecule has 1 atom stereocenters. The maximum absolute atomic E-state index is 13.2. The fourth-order valence-electron chi connectivity index (χ4n) is 4.36. The third kappa shape index (κ3) is 7.40. The minimum atomic E-state index is -4.71. The van der Waals surface area contributed by atoms with Gasteiger partial charge in [-0.25, -0.2) is 9.78 Å². The molecule has 1 amide bonds. The van der Waals surface area contributed by atoms with E-state index in [1.54, 1.807) is 44.0 Å². The van der Waals surface area contributed by atoms with Gasteiger partial charge in [-0.05, 0) is 25.1 Å². The van der Waals surface area contributed by atoms with Gasteiger partial charge in [-0.2, -0.15) is 18.3 Å². The van der Waals surface area contributed by atoms with Crippen molar-refractivity contribution in [2.75, 3.05) is 32.9 Å². The number of amides is 1. The highest BCUT2D eigenvalue weighted by Crippen LogP contribution is 2.30. The second kappa shape index (κ2) is 12.7. The van der Waals surface area contributed by atoms with E-state index in [4.69, 9.17) is 14.2 Å². The zero-order chi connectivity index (χ0) is 29.7. The van der Waals surface area contributed by atoms with Crippen molar-refractivity contribution in [2.24, 2.45) is 5.92 Å². The highest BCUT2D eigenvalue weighted by atomic mass is 19.4. The maximum Gasteiger partial charge on any atom is 0.433 e. The van der Waals surface area contributed by atoms with Gasteiger partial charge in [0, 0.05) is 48.6 Å². The highest BCUT2D eigenvalue weighted by Gasteiger charge is 2.33. The first-order chi connectivity index (χ1) is 19.5. The van der Waals surface area contributed by atoms with E-state index in [2.05, 4.69) is 10.1 Å². The highest BCUT2D eigenvalue weighted by molar-refractivity contribution is 5.97. The molecule has 1 unspecified atom stereocenters. The van der Waals surface area contributed by atoms with Gasteiger partial charge < -0.3 is 19.1 Å². The first kappa shape index (κ1) is 30.0. The number of aromatic nitrogens is 3. The standard InChI is InChI=1S/C28H31F3N4O6/c1-4-40-27(38)26(17(2)3)41-23-14-21-19(15-35(33-21)16-25(37)34-8-10-39-11-9-34)12-18(23)13-22(36)20-6-5-7-24(32-20)28(29,30)31/h5-7,12,14-15,17,26H,4,8-11,13,16H2,1-3H3. The number of carbonyl (C=O) groups excluding carboxylic acids is 3. The Kier molecular flexibility index (Phi) is 9.26. The van der Waals surface area contributed by atoms with Gasteiger partial charge in [-0.1, -0.05) is 19.9 Å². The summed E-state index contributed by atoms with van der Waals surface area (Å²) in [6.07, 6.45) is -4.44. The first-order valence-electron chi connectivity index (χ1n) is 13.2. The Hall–Kier alpha value is -4.00. The summed E-state index contributed by atoms with van der Waals surface area (Å²) >= 11 is 0. The number of rotatable bonds is 10. The molecular formula is C28H31F3N4O6. The Balaban J connectivity index is 1.68. The van der Waals surface area contributed by atoms with E-state index >= 15 is 0 Å². The number of carbonyl (C=O) groups is 3. The van der Waals surface area contributed by atoms with E-state index in [0.29, 0.717) is 42.8 Å². The molecule has 0 radical (unpaired) electrons. The number of nitrogens with zero attached hydrogens (tertiary/aromatic N) is 4. The van der Waals surface area contributed by atoms with Gasteiger partial charge in [-0.3, -0.25) is 14.3 Å². The third-order valence-electron chi connectivity index (χ3n) is 6.45. The molecule has 0 aliphatic carbocycles. The van der Waals surface area contributed by atoms with Crippen molar-refractivity contribution in [3.8, 4) is 5.75 Å². The predicted octanol–water partition coefficient (Wildman–Crippen LogP) is 3.70. The Bertz CT molecular complexity index is 1420. The van der Waals surface area contributed by atoms with Gasteiger partial charge >= 0.3 is 12.1 Å². The van der Waals surface area contributed by atoms with Crippen molar-refractivity contribution in [1.82, 2.24) is 19.7 Å². The molecule has 1 fully saturated rings. The van der Waals surface area contributed by atoms with Crippen molar-refractivity contribution in [1.29, 1.82) is 0 Å². The van der Waals surface area contributed by atoms with Gasteiger partial charge in [0.05, 0.1) is 25.3 Å². The monoisotopic (exact) mass is 576 g/mol. The molecule has 1 aliphatic heterocycles. The SMILES string of the molecule is CCOC(=O)C(Oc1cc2nn(CC(=O)N3CCOCC3)cc2cc1CC(=O)c1cccc(C(F)(F)F)n1)C(C)C. The van der Waals surface area contributed by atoms with Gasteiger partial charge in [0.1, 0.15) is 23.7 Å². The number of Topliss-reactive ketones (excluding diaryl/α,β-unsaturated/α-hetero) is 1. The largest absolute Gasteiger partial charge is 0.478 e. The van der Waals surface area contributed by atoms with E-state index < -0.39 is 29.7 Å². The Labute approximate surface area is 234 Å². The van der Waals surface area contributed by atoms with Crippen molar-refractivity contribution >= 4 is 28.6 Å². The van der Waals surface area contributed by atoms with Crippen LogP contribution >= 0.6 is 0 Å². The van der Waals surface area contributed by atoms with Gasteiger partial charge in [0.25, 0.3) is 0 Å². The smallest absolute Gasteiger partial charge is 0.433 e. The molecule has 13 heteroatoms. The number of ketones is 1. The van der Waals surface area contributed by atoms with Crippen LogP contribution in [0.15, 0.2) is 36.5 Å². The molecule has 1 aromatic carbocycles. The van der Waals surface area contributed by atoms with Crippen LogP contribution in [-0.4, -0.2) is 76.3 Å². The number of ether oxygens (including phenoxy) is 3. The van der Waals surface area contributed by atoms with Crippen molar-refractivity contribution < 1.29 is 41.8 Å². The van der Waals surface area contributed by atoms with E-state index in [-0.39, 0.29) is 42.8 Å². The number of alkyl halides is 3. The molecule has 10 nitrogen and oxygen atoms in total. The minimum absolute atomic E-state index is 0.0231. The van der Waals surface area contributed by atoms with Crippen LogP contribution in [-0.2, 0) is 38.2 Å². The quantitative estimate of drug-likeness (QED) is 0.265. The molecule has 41 heavy (non-hydrogen) atoms. The predicted molar refractivity (Wildman–Crippen MR) is 140 cm³/mol. The molecule has 0 N–H and O–H groups in total. The van der Waals surface area contributed by atoms with E-state index in [1.165, 1.54) is 10.7 Å². The number of fused-ring (bicyclic) bond motifs is 1. The molecule has 0 spiro atoms. The molecule has 3 aromatic rings. The number of halogens is 3. The summed E-state index contributed by atoms with van der Waals surface area (Å²) in [5.74, 6) is -1.56. The fourth-order valence-corrected chi connectivity index (χ4v) is 4.36. The van der Waals surface area contributed by atoms with Crippen LogP contribution in [0.3, 0.4) is 0 Å². The molecule has 3 heterocycles. The van der Waals surface area contributed by atoms with Crippen LogP contribution in [0.4, 0.5) is 13.2 Å². The number of hydrogen-bond acceptors (Lipinski definition) is 8. The lowest BCUT2D eigenvalue weighted by Crippen LogP contribution is -2.42. The number of pyridine rings is 1. The van der Waals surface area contributed by atoms with Crippen LogP contribution < -0.4 is 4.74 Å². The van der Waals surface area contributed by atoms with Gasteiger partial charge in [0.15, 0.2) is 11.9 Å². The van der Waals surface area contributed by atoms with Crippen LogP contribution in [0.25, 0.3) is 10.9 Å². The van der Waals surface area contributed by atoms with E-state index in [0.717, 1.165) is 12.1 Å². The molecule has 0 saturated carbocycles. The summed E-state index contributed by atoms with van der Waals surface area (Å²) < 4.78 is 57.5. The zero-order valence-corrected chi connectivity index (χ0v) is 22.9. The summed E-state index contributed by atoms with van der Waals surface area (Å²) in [6.45, 7) is 7.21. The number of esters is 1. The summed E-state index contributed by atoms with van der Waals surface area (Å²) in [4.78, 5) is 43.6. The summed E-state index contributed by atoms with van der Waals surface area (Å²) in [6, 6.07) is 6.27. The van der Waals surface area contributed by atoms with Crippen molar-refractivity contribution in [2.45, 2.75) is 46.0 Å². The molecule has 1 aliphatic rings. The van der Waals surface area contributed by atoms with Crippen LogP contribution in [0.1, 0.15) is 42.5 Å². The summed E-state index contributed by atoms with van der Waals surface area (Å²) in [7, 11) is 0. The first-order valence-corrected chi connectivity index (χ1v) is 13.2. The average Bonchev–Trinajstić information content (AvgIpc) is 3.32. The summed E-state index contributed by atoms with van der Waals surface area (Å²) in [5, 5.41) is 5.05. The lowest BCUT2D eigenvalue weighted by atomic mass is 10.0. The topological polar surface area (TPSA) is 113 Å². The minimum Gasteiger partial charge on any atom is -0.478 e. The molecule has 220 valence electrons. The molecule has 0 bridgehead atoms. The lowest BCUT2D eigenvalue weighted by molar-refractivity contribution is -0.153. The van der Waals surface area contributed by atoms with Crippen LogP contribution in [0, 0.1) is 5.92 Å². The molecule has 4 rings (SSSR count). The second-order valence-electron chi connectivity index (χ2n) is 9.88. The van der Waals surface area contributed by atoms with Crippen LogP contribution in [0.5, 0.6) is 5.75 Å². The molecule has 2 aromatic heterocycles. The third-order valence-corrected chi connectivity index (χ3v) is 6.45. The van der Waals surface area contributed by atoms with Crippen molar-refractivity contribution in [3.63, 3.8) is 0 Å². The Morgan fingerprint density at radius 1 is 1.12 bits per heavy atom. The second-order valence-corrected chi connectivity index (χ2v) is 9.88. The van der Waals surface area contributed by atoms with Crippen molar-refractivity contribution in [3.05, 3.63) is 53.5 Å². The summed E-state index contributed by atoms with van der Waals surface area (Å²) in [5.41, 5.74) is -0.780. The van der Waals surface area contributed by atoms with E-state index in [9.17, 15) is 27.6 Å². The molecular weight excluding hydrogens is 545 g/mol. The maximum atomic E-state index is 13.2. The normalized spacial score (nSPS) is 14.8. The van der Waals surface area contributed by atoms with E-state index in [1.807, 2.05) is 0 Å². The average molecular weight is 577 g/mol. The zero-order valence-electron chi connectivity index (χ0n) is 22.9. The Morgan fingerprint density at radius 2 is 1.85 bits per heavy atom. The number of benzene rings is 1. The number of morpholine rings is 1.